The van der Waals surface area contributed by atoms with Gasteiger partial charge in [-0.05, 0) is 62.4 Å². The Morgan fingerprint density at radius 3 is 1.33 bits per heavy atom. The fraction of sp³-hybridized carbons (Fsp3) is 0.231. The van der Waals surface area contributed by atoms with Crippen LogP contribution in [0.3, 0.4) is 0 Å². The summed E-state index contributed by atoms with van der Waals surface area (Å²) in [5, 5.41) is 1.03. The molecule has 1 aliphatic rings. The Hall–Kier alpha value is -2.30. The van der Waals surface area contributed by atoms with Crippen molar-refractivity contribution in [3.8, 4) is 11.4 Å². The summed E-state index contributed by atoms with van der Waals surface area (Å²) in [6.07, 6.45) is 0. The highest BCUT2D eigenvalue weighted by Gasteiger charge is 2.29. The average Bonchev–Trinajstić information content (AvgIpc) is 3.38. The van der Waals surface area contributed by atoms with Gasteiger partial charge in [-0.2, -0.15) is 0 Å². The van der Waals surface area contributed by atoms with Gasteiger partial charge in [0, 0.05) is 45.7 Å². The maximum absolute atomic E-state index is 2.43. The molecule has 1 aliphatic heterocycles. The molecule has 2 aromatic heterocycles. The van der Waals surface area contributed by atoms with Crippen LogP contribution in [0, 0.1) is 13.8 Å². The van der Waals surface area contributed by atoms with Crippen molar-refractivity contribution in [3.63, 3.8) is 0 Å². The second-order valence-corrected chi connectivity index (χ2v) is 10.3. The first-order chi connectivity index (χ1) is 14.7. The monoisotopic (exact) mass is 430 g/mol. The topological polar surface area (TPSA) is 9.86 Å². The molecule has 152 valence electrons. The van der Waals surface area contributed by atoms with E-state index in [9.17, 15) is 0 Å². The van der Waals surface area contributed by atoms with Gasteiger partial charge < -0.3 is 9.13 Å². The van der Waals surface area contributed by atoms with Crippen LogP contribution in [-0.4, -0.2) is 20.6 Å². The second-order valence-electron chi connectivity index (χ2n) is 7.79. The van der Waals surface area contributed by atoms with E-state index in [1.807, 2.05) is 0 Å². The highest BCUT2D eigenvalue weighted by molar-refractivity contribution is 8.06. The standard InChI is InChI=1S/C26H26N2S2/c1-19-13-15-23(27(19)21-9-5-3-6-10-21)25-17-30-26(18-29-25)24-16-14-20(2)28(24)22-11-7-4-8-12-22/h3-16,25-26H,17-18H2,1-2H3. The summed E-state index contributed by atoms with van der Waals surface area (Å²) >= 11 is 4.20. The van der Waals surface area contributed by atoms with Crippen molar-refractivity contribution in [3.05, 3.63) is 108 Å². The van der Waals surface area contributed by atoms with Crippen molar-refractivity contribution < 1.29 is 0 Å². The first-order valence-electron chi connectivity index (χ1n) is 10.4. The largest absolute Gasteiger partial charge is 0.317 e. The molecule has 3 heterocycles. The zero-order valence-corrected chi connectivity index (χ0v) is 19.0. The Morgan fingerprint density at radius 1 is 0.567 bits per heavy atom. The molecular formula is C26H26N2S2. The molecule has 0 spiro atoms. The molecule has 0 radical (unpaired) electrons. The molecule has 4 aromatic rings. The zero-order valence-electron chi connectivity index (χ0n) is 17.4. The molecule has 30 heavy (non-hydrogen) atoms. The molecule has 1 fully saturated rings. The second kappa shape index (κ2) is 8.44. The van der Waals surface area contributed by atoms with Gasteiger partial charge in [-0.15, -0.1) is 23.5 Å². The van der Waals surface area contributed by atoms with E-state index < -0.39 is 0 Å². The van der Waals surface area contributed by atoms with E-state index in [-0.39, 0.29) is 0 Å². The van der Waals surface area contributed by atoms with Gasteiger partial charge in [-0.3, -0.25) is 0 Å². The number of thioether (sulfide) groups is 2. The van der Waals surface area contributed by atoms with Gasteiger partial charge in [0.05, 0.1) is 10.5 Å². The quantitative estimate of drug-likeness (QED) is 0.340. The molecule has 0 bridgehead atoms. The van der Waals surface area contributed by atoms with Gasteiger partial charge in [0.1, 0.15) is 0 Å². The molecule has 4 heteroatoms. The van der Waals surface area contributed by atoms with Gasteiger partial charge in [0.2, 0.25) is 0 Å². The highest BCUT2D eigenvalue weighted by atomic mass is 32.2. The van der Waals surface area contributed by atoms with Crippen LogP contribution in [0.2, 0.25) is 0 Å². The summed E-state index contributed by atoms with van der Waals surface area (Å²) in [4.78, 5) is 0. The van der Waals surface area contributed by atoms with Crippen molar-refractivity contribution in [1.29, 1.82) is 0 Å². The van der Waals surface area contributed by atoms with E-state index in [0.29, 0.717) is 10.5 Å². The molecule has 2 aromatic carbocycles. The van der Waals surface area contributed by atoms with Crippen LogP contribution in [0.5, 0.6) is 0 Å². The molecule has 2 unspecified atom stereocenters. The summed E-state index contributed by atoms with van der Waals surface area (Å²) in [6, 6.07) is 30.6. The lowest BCUT2D eigenvalue weighted by Gasteiger charge is -2.30. The molecule has 0 amide bonds. The van der Waals surface area contributed by atoms with Crippen LogP contribution in [0.1, 0.15) is 33.3 Å². The average molecular weight is 431 g/mol. The summed E-state index contributed by atoms with van der Waals surface area (Å²) in [5.74, 6) is 2.26. The lowest BCUT2D eigenvalue weighted by atomic mass is 10.2. The number of aromatic nitrogens is 2. The first-order valence-corrected chi connectivity index (χ1v) is 12.5. The zero-order chi connectivity index (χ0) is 20.5. The van der Waals surface area contributed by atoms with E-state index in [1.165, 1.54) is 34.2 Å². The SMILES string of the molecule is Cc1ccc(C2CSC(c3ccc(C)n3-c3ccccc3)CS2)n1-c1ccccc1. The molecule has 0 saturated carbocycles. The number of hydrogen-bond acceptors (Lipinski definition) is 2. The molecule has 2 nitrogen and oxygen atoms in total. The summed E-state index contributed by atoms with van der Waals surface area (Å²) in [5.41, 5.74) is 7.97. The number of benzene rings is 2. The fourth-order valence-electron chi connectivity index (χ4n) is 4.32. The highest BCUT2D eigenvalue weighted by Crippen LogP contribution is 2.47. The summed E-state index contributed by atoms with van der Waals surface area (Å²) in [6.45, 7) is 4.41. The van der Waals surface area contributed by atoms with Crippen molar-refractivity contribution in [2.24, 2.45) is 0 Å². The van der Waals surface area contributed by atoms with E-state index >= 15 is 0 Å². The van der Waals surface area contributed by atoms with E-state index in [4.69, 9.17) is 0 Å². The van der Waals surface area contributed by atoms with Crippen LogP contribution in [0.4, 0.5) is 0 Å². The summed E-state index contributed by atoms with van der Waals surface area (Å²) in [7, 11) is 0. The minimum absolute atomic E-state index is 0.515. The third-order valence-electron chi connectivity index (χ3n) is 5.80. The van der Waals surface area contributed by atoms with Gasteiger partial charge in [-0.25, -0.2) is 0 Å². The van der Waals surface area contributed by atoms with Crippen molar-refractivity contribution in [2.45, 2.75) is 24.3 Å². The number of rotatable bonds is 4. The van der Waals surface area contributed by atoms with Gasteiger partial charge >= 0.3 is 0 Å². The number of hydrogen-bond donors (Lipinski definition) is 0. The number of nitrogens with zero attached hydrogens (tertiary/aromatic N) is 2. The molecule has 1 saturated heterocycles. The Balaban J connectivity index is 1.38. The first kappa shape index (κ1) is 19.7. The van der Waals surface area contributed by atoms with Crippen LogP contribution in [-0.2, 0) is 0 Å². The van der Waals surface area contributed by atoms with Crippen LogP contribution in [0.15, 0.2) is 84.9 Å². The van der Waals surface area contributed by atoms with Crippen LogP contribution >= 0.6 is 23.5 Å². The van der Waals surface area contributed by atoms with Gasteiger partial charge in [-0.1, -0.05) is 36.4 Å². The number of aryl methyl sites for hydroxylation is 2. The maximum Gasteiger partial charge on any atom is 0.0545 e. The predicted octanol–water partition coefficient (Wildman–Crippen LogP) is 7.15. The van der Waals surface area contributed by atoms with Gasteiger partial charge in [0.25, 0.3) is 0 Å². The normalized spacial score (nSPS) is 19.1. The molecule has 2 atom stereocenters. The van der Waals surface area contributed by atoms with E-state index in [2.05, 4.69) is 131 Å². The Kier molecular flexibility index (Phi) is 5.53. The predicted molar refractivity (Wildman–Crippen MR) is 131 cm³/mol. The molecule has 5 rings (SSSR count). The Morgan fingerprint density at radius 2 is 0.967 bits per heavy atom. The van der Waals surface area contributed by atoms with E-state index in [0.717, 1.165) is 11.5 Å². The van der Waals surface area contributed by atoms with E-state index in [1.54, 1.807) is 0 Å². The molecular weight excluding hydrogens is 404 g/mol. The maximum atomic E-state index is 2.43. The van der Waals surface area contributed by atoms with Crippen molar-refractivity contribution in [2.75, 3.05) is 11.5 Å². The molecule has 0 N–H and O–H groups in total. The number of para-hydroxylation sites is 2. The molecule has 0 aliphatic carbocycles. The fourth-order valence-corrected chi connectivity index (χ4v) is 7.43. The third-order valence-corrected chi connectivity index (χ3v) is 8.89. The van der Waals surface area contributed by atoms with Crippen LogP contribution in [0.25, 0.3) is 11.4 Å². The lowest BCUT2D eigenvalue weighted by molar-refractivity contribution is 0.866. The van der Waals surface area contributed by atoms with Crippen molar-refractivity contribution >= 4 is 23.5 Å². The summed E-state index contributed by atoms with van der Waals surface area (Å²) < 4.78 is 4.85. The van der Waals surface area contributed by atoms with Gasteiger partial charge in [0.15, 0.2) is 0 Å². The Labute approximate surface area is 187 Å². The third kappa shape index (κ3) is 3.63. The Bertz CT molecular complexity index is 1030. The lowest BCUT2D eigenvalue weighted by Crippen LogP contribution is -2.16. The van der Waals surface area contributed by atoms with Crippen molar-refractivity contribution in [1.82, 2.24) is 9.13 Å². The smallest absolute Gasteiger partial charge is 0.0545 e. The van der Waals surface area contributed by atoms with Crippen LogP contribution < -0.4 is 0 Å². The minimum Gasteiger partial charge on any atom is -0.317 e. The minimum atomic E-state index is 0.515.